The van der Waals surface area contributed by atoms with E-state index in [1.807, 2.05) is 6.92 Å². The Bertz CT molecular complexity index is 342. The molecule has 0 aromatic heterocycles. The van der Waals surface area contributed by atoms with Crippen molar-refractivity contribution in [2.75, 3.05) is 0 Å². The summed E-state index contributed by atoms with van der Waals surface area (Å²) >= 11 is 0. The molecule has 0 aromatic carbocycles. The quantitative estimate of drug-likeness (QED) is 0.260. The van der Waals surface area contributed by atoms with E-state index in [9.17, 15) is 4.79 Å². The molecule has 1 aliphatic rings. The van der Waals surface area contributed by atoms with Crippen LogP contribution in [0.2, 0.25) is 0 Å². The maximum Gasteiger partial charge on any atom is 0.260 e. The molecule has 0 aliphatic heterocycles. The van der Waals surface area contributed by atoms with Gasteiger partial charge in [-0.15, -0.1) is 0 Å². The molecular formula is C14H24N2O. The van der Waals surface area contributed by atoms with Crippen LogP contribution in [-0.2, 0) is 4.79 Å². The summed E-state index contributed by atoms with van der Waals surface area (Å²) in [6.07, 6.45) is 8.04. The van der Waals surface area contributed by atoms with E-state index in [4.69, 9.17) is 5.84 Å². The van der Waals surface area contributed by atoms with E-state index in [0.717, 1.165) is 18.4 Å². The normalized spacial score (nSPS) is 24.5. The second-order valence-electron chi connectivity index (χ2n) is 4.83. The van der Waals surface area contributed by atoms with Gasteiger partial charge in [-0.05, 0) is 45.4 Å². The summed E-state index contributed by atoms with van der Waals surface area (Å²) in [6, 6.07) is 0. The number of hydrazine groups is 1. The molecule has 1 atom stereocenters. The highest BCUT2D eigenvalue weighted by atomic mass is 16.2. The van der Waals surface area contributed by atoms with Crippen LogP contribution in [0.3, 0.4) is 0 Å². The van der Waals surface area contributed by atoms with E-state index >= 15 is 0 Å². The predicted octanol–water partition coefficient (Wildman–Crippen LogP) is 2.84. The van der Waals surface area contributed by atoms with Crippen LogP contribution in [-0.4, -0.2) is 5.91 Å². The second-order valence-corrected chi connectivity index (χ2v) is 4.83. The van der Waals surface area contributed by atoms with E-state index in [1.54, 1.807) is 0 Å². The monoisotopic (exact) mass is 236 g/mol. The minimum Gasteiger partial charge on any atom is -0.290 e. The number of amides is 1. The minimum absolute atomic E-state index is 0.177. The third-order valence-electron chi connectivity index (χ3n) is 3.68. The second kappa shape index (κ2) is 6.60. The Morgan fingerprint density at radius 2 is 2.18 bits per heavy atom. The fraction of sp³-hybridized carbons (Fsp3) is 0.643. The van der Waals surface area contributed by atoms with E-state index in [-0.39, 0.29) is 5.91 Å². The van der Waals surface area contributed by atoms with Gasteiger partial charge in [-0.3, -0.25) is 10.2 Å². The lowest BCUT2D eigenvalue weighted by atomic mass is 9.80. The van der Waals surface area contributed by atoms with E-state index in [0.29, 0.717) is 5.92 Å². The van der Waals surface area contributed by atoms with Crippen LogP contribution in [0, 0.1) is 5.92 Å². The van der Waals surface area contributed by atoms with Crippen LogP contribution in [0.4, 0.5) is 0 Å². The van der Waals surface area contributed by atoms with Crippen molar-refractivity contribution < 1.29 is 4.79 Å². The number of hydrogen-bond donors (Lipinski definition) is 2. The fourth-order valence-corrected chi connectivity index (χ4v) is 2.47. The first-order chi connectivity index (χ1) is 8.10. The molecule has 0 unspecified atom stereocenters. The number of carbonyl (C=O) groups is 1. The summed E-state index contributed by atoms with van der Waals surface area (Å²) in [5.74, 6) is 5.40. The highest BCUT2D eigenvalue weighted by molar-refractivity contribution is 5.92. The minimum atomic E-state index is -0.177. The molecule has 0 bridgehead atoms. The Kier molecular flexibility index (Phi) is 5.42. The zero-order valence-electron chi connectivity index (χ0n) is 11.2. The molecular weight excluding hydrogens is 212 g/mol. The summed E-state index contributed by atoms with van der Waals surface area (Å²) in [4.78, 5) is 11.4. The molecule has 3 N–H and O–H groups in total. The van der Waals surface area contributed by atoms with Crippen LogP contribution < -0.4 is 11.3 Å². The SMILES string of the molecule is CC/C(C)=C1\CCCC[C@H]1/C=C(\C)C(=O)NN. The van der Waals surface area contributed by atoms with Crippen molar-refractivity contribution in [1.29, 1.82) is 0 Å². The molecule has 0 aromatic rings. The van der Waals surface area contributed by atoms with Gasteiger partial charge in [0.25, 0.3) is 5.91 Å². The summed E-state index contributed by atoms with van der Waals surface area (Å²) in [5, 5.41) is 0. The largest absolute Gasteiger partial charge is 0.290 e. The summed E-state index contributed by atoms with van der Waals surface area (Å²) in [7, 11) is 0. The van der Waals surface area contributed by atoms with Gasteiger partial charge >= 0.3 is 0 Å². The molecule has 1 amide bonds. The average Bonchev–Trinajstić information content (AvgIpc) is 2.37. The van der Waals surface area contributed by atoms with Crippen molar-refractivity contribution >= 4 is 5.91 Å². The summed E-state index contributed by atoms with van der Waals surface area (Å²) in [5.41, 5.74) is 5.92. The molecule has 1 rings (SSSR count). The maximum atomic E-state index is 11.4. The van der Waals surface area contributed by atoms with Crippen LogP contribution in [0.15, 0.2) is 22.8 Å². The Labute approximate surface area is 104 Å². The number of allylic oxidation sites excluding steroid dienone is 3. The molecule has 3 nitrogen and oxygen atoms in total. The Balaban J connectivity index is 2.90. The van der Waals surface area contributed by atoms with Crippen molar-refractivity contribution in [2.24, 2.45) is 11.8 Å². The third kappa shape index (κ3) is 3.70. The molecule has 96 valence electrons. The van der Waals surface area contributed by atoms with E-state index < -0.39 is 0 Å². The van der Waals surface area contributed by atoms with Crippen molar-refractivity contribution in [3.63, 3.8) is 0 Å². The molecule has 0 heterocycles. The van der Waals surface area contributed by atoms with E-state index in [1.165, 1.54) is 30.4 Å². The van der Waals surface area contributed by atoms with Gasteiger partial charge in [0.2, 0.25) is 0 Å². The Morgan fingerprint density at radius 3 is 2.76 bits per heavy atom. The van der Waals surface area contributed by atoms with Gasteiger partial charge in [-0.2, -0.15) is 0 Å². The average molecular weight is 236 g/mol. The van der Waals surface area contributed by atoms with Crippen LogP contribution >= 0.6 is 0 Å². The highest BCUT2D eigenvalue weighted by Crippen LogP contribution is 2.34. The Morgan fingerprint density at radius 1 is 1.47 bits per heavy atom. The molecule has 0 spiro atoms. The van der Waals surface area contributed by atoms with Crippen LogP contribution in [0.5, 0.6) is 0 Å². The van der Waals surface area contributed by atoms with Crippen molar-refractivity contribution in [2.45, 2.75) is 52.9 Å². The number of rotatable bonds is 3. The van der Waals surface area contributed by atoms with Gasteiger partial charge in [-0.25, -0.2) is 5.84 Å². The van der Waals surface area contributed by atoms with Crippen molar-refractivity contribution in [1.82, 2.24) is 5.43 Å². The van der Waals surface area contributed by atoms with Gasteiger partial charge < -0.3 is 0 Å². The highest BCUT2D eigenvalue weighted by Gasteiger charge is 2.19. The van der Waals surface area contributed by atoms with Crippen LogP contribution in [0.25, 0.3) is 0 Å². The van der Waals surface area contributed by atoms with Crippen molar-refractivity contribution in [3.05, 3.63) is 22.8 Å². The first-order valence-corrected chi connectivity index (χ1v) is 6.48. The van der Waals surface area contributed by atoms with E-state index in [2.05, 4.69) is 25.3 Å². The topological polar surface area (TPSA) is 55.1 Å². The molecule has 1 saturated carbocycles. The first-order valence-electron chi connectivity index (χ1n) is 6.48. The van der Waals surface area contributed by atoms with Crippen LogP contribution in [0.1, 0.15) is 52.9 Å². The van der Waals surface area contributed by atoms with Gasteiger partial charge in [0.1, 0.15) is 0 Å². The van der Waals surface area contributed by atoms with Gasteiger partial charge in [0.15, 0.2) is 0 Å². The fourth-order valence-electron chi connectivity index (χ4n) is 2.47. The van der Waals surface area contributed by atoms with Crippen molar-refractivity contribution in [3.8, 4) is 0 Å². The molecule has 17 heavy (non-hydrogen) atoms. The predicted molar refractivity (Wildman–Crippen MR) is 71.0 cm³/mol. The maximum absolute atomic E-state index is 11.4. The molecule has 1 fully saturated rings. The zero-order valence-corrected chi connectivity index (χ0v) is 11.2. The number of carbonyl (C=O) groups excluding carboxylic acids is 1. The number of nitrogens with one attached hydrogen (secondary N) is 1. The molecule has 1 aliphatic carbocycles. The lowest BCUT2D eigenvalue weighted by Gasteiger charge is -2.25. The first kappa shape index (κ1) is 14.0. The van der Waals surface area contributed by atoms with Gasteiger partial charge in [0.05, 0.1) is 0 Å². The summed E-state index contributed by atoms with van der Waals surface area (Å²) < 4.78 is 0. The zero-order chi connectivity index (χ0) is 12.8. The summed E-state index contributed by atoms with van der Waals surface area (Å²) in [6.45, 7) is 6.23. The Hall–Kier alpha value is -1.09. The molecule has 0 radical (unpaired) electrons. The smallest absolute Gasteiger partial charge is 0.260 e. The number of nitrogens with two attached hydrogens (primary N) is 1. The molecule has 0 saturated heterocycles. The third-order valence-corrected chi connectivity index (χ3v) is 3.68. The standard InChI is InChI=1S/C14H24N2O/c1-4-10(2)13-8-6-5-7-12(13)9-11(3)14(17)16-15/h9,12H,4-8,15H2,1-3H3,(H,16,17)/b11-9+,13-10+/t12-/m0/s1. The van der Waals surface area contributed by atoms with Gasteiger partial charge in [0, 0.05) is 5.57 Å². The lowest BCUT2D eigenvalue weighted by molar-refractivity contribution is -0.117. The number of hydrogen-bond acceptors (Lipinski definition) is 2. The molecule has 3 heteroatoms. The lowest BCUT2D eigenvalue weighted by Crippen LogP contribution is -2.31. The van der Waals surface area contributed by atoms with Gasteiger partial charge in [-0.1, -0.05) is 30.6 Å².